The van der Waals surface area contributed by atoms with Gasteiger partial charge >= 0.3 is 0 Å². The van der Waals surface area contributed by atoms with Crippen molar-refractivity contribution in [3.8, 4) is 0 Å². The van der Waals surface area contributed by atoms with Gasteiger partial charge in [0, 0.05) is 32.6 Å². The maximum atomic E-state index is 12.5. The summed E-state index contributed by atoms with van der Waals surface area (Å²) in [6, 6.07) is 8.78. The molecule has 2 amide bonds. The van der Waals surface area contributed by atoms with Gasteiger partial charge in [-0.3, -0.25) is 9.59 Å². The van der Waals surface area contributed by atoms with Crippen molar-refractivity contribution in [3.63, 3.8) is 0 Å². The molecule has 1 aliphatic rings. The average Bonchev–Trinajstić information content (AvgIpc) is 2.79. The summed E-state index contributed by atoms with van der Waals surface area (Å²) in [5, 5.41) is 0. The molecule has 5 heteroatoms. The molecule has 5 nitrogen and oxygen atoms in total. The number of rotatable bonds is 3. The molecule has 0 radical (unpaired) electrons. The standard InChI is InChI=1S/C16H23N3O2/c1-2-14(20)18-9-6-10-19(12-11-18)16(21)15(17)13-7-4-3-5-8-13/h3-5,7-8,15H,2,6,9-12,17H2,1H3/t15-/m1/s1. The van der Waals surface area contributed by atoms with E-state index in [0.29, 0.717) is 26.1 Å². The van der Waals surface area contributed by atoms with Crippen LogP contribution in [0, 0.1) is 0 Å². The van der Waals surface area contributed by atoms with E-state index < -0.39 is 6.04 Å². The van der Waals surface area contributed by atoms with Gasteiger partial charge in [-0.25, -0.2) is 0 Å². The fraction of sp³-hybridized carbons (Fsp3) is 0.500. The average molecular weight is 289 g/mol. The Morgan fingerprint density at radius 2 is 1.71 bits per heavy atom. The zero-order valence-electron chi connectivity index (χ0n) is 12.5. The number of hydrogen-bond donors (Lipinski definition) is 1. The lowest BCUT2D eigenvalue weighted by Crippen LogP contribution is -2.41. The lowest BCUT2D eigenvalue weighted by molar-refractivity contribution is -0.134. The summed E-state index contributed by atoms with van der Waals surface area (Å²) in [4.78, 5) is 27.9. The second-order valence-corrected chi connectivity index (χ2v) is 5.30. The van der Waals surface area contributed by atoms with Gasteiger partial charge < -0.3 is 15.5 Å². The Morgan fingerprint density at radius 3 is 2.38 bits per heavy atom. The third-order valence-electron chi connectivity index (χ3n) is 3.89. The summed E-state index contributed by atoms with van der Waals surface area (Å²) in [6.45, 7) is 4.40. The topological polar surface area (TPSA) is 66.6 Å². The molecule has 0 saturated carbocycles. The van der Waals surface area contributed by atoms with E-state index in [0.717, 1.165) is 18.5 Å². The van der Waals surface area contributed by atoms with Gasteiger partial charge in [-0.15, -0.1) is 0 Å². The molecule has 1 aromatic rings. The van der Waals surface area contributed by atoms with Gasteiger partial charge in [0.05, 0.1) is 0 Å². The minimum absolute atomic E-state index is 0.0630. The number of nitrogens with zero attached hydrogens (tertiary/aromatic N) is 2. The molecule has 114 valence electrons. The minimum Gasteiger partial charge on any atom is -0.341 e. The first-order valence-electron chi connectivity index (χ1n) is 7.50. The predicted octanol–water partition coefficient (Wildman–Crippen LogP) is 1.16. The van der Waals surface area contributed by atoms with E-state index in [-0.39, 0.29) is 11.8 Å². The fourth-order valence-electron chi connectivity index (χ4n) is 2.61. The van der Waals surface area contributed by atoms with Crippen LogP contribution in [0.5, 0.6) is 0 Å². The van der Waals surface area contributed by atoms with Gasteiger partial charge in [0.15, 0.2) is 0 Å². The van der Waals surface area contributed by atoms with Crippen LogP contribution in [-0.2, 0) is 9.59 Å². The monoisotopic (exact) mass is 289 g/mol. The van der Waals surface area contributed by atoms with E-state index in [9.17, 15) is 9.59 Å². The SMILES string of the molecule is CCC(=O)N1CCCN(C(=O)[C@H](N)c2ccccc2)CC1. The molecule has 1 aliphatic heterocycles. The van der Waals surface area contributed by atoms with Crippen molar-refractivity contribution in [3.05, 3.63) is 35.9 Å². The van der Waals surface area contributed by atoms with Crippen LogP contribution >= 0.6 is 0 Å². The van der Waals surface area contributed by atoms with Gasteiger partial charge in [0.1, 0.15) is 6.04 Å². The fourth-order valence-corrected chi connectivity index (χ4v) is 2.61. The molecule has 1 fully saturated rings. The van der Waals surface area contributed by atoms with E-state index in [2.05, 4.69) is 0 Å². The Kier molecular flexibility index (Phi) is 5.33. The number of benzene rings is 1. The Hall–Kier alpha value is -1.88. The first kappa shape index (κ1) is 15.5. The van der Waals surface area contributed by atoms with Crippen molar-refractivity contribution in [1.29, 1.82) is 0 Å². The summed E-state index contributed by atoms with van der Waals surface area (Å²) in [7, 11) is 0. The van der Waals surface area contributed by atoms with Crippen LogP contribution < -0.4 is 5.73 Å². The highest BCUT2D eigenvalue weighted by molar-refractivity contribution is 5.83. The van der Waals surface area contributed by atoms with Gasteiger partial charge in [-0.05, 0) is 12.0 Å². The normalized spacial score (nSPS) is 17.2. The van der Waals surface area contributed by atoms with Gasteiger partial charge in [0.25, 0.3) is 0 Å². The number of carbonyl (C=O) groups is 2. The molecular weight excluding hydrogens is 266 g/mol. The minimum atomic E-state index is -0.625. The number of hydrogen-bond acceptors (Lipinski definition) is 3. The van der Waals surface area contributed by atoms with Crippen LogP contribution in [0.4, 0.5) is 0 Å². The summed E-state index contributed by atoms with van der Waals surface area (Å²) < 4.78 is 0. The van der Waals surface area contributed by atoms with Crippen LogP contribution in [0.15, 0.2) is 30.3 Å². The van der Waals surface area contributed by atoms with Crippen molar-refractivity contribution >= 4 is 11.8 Å². The highest BCUT2D eigenvalue weighted by atomic mass is 16.2. The summed E-state index contributed by atoms with van der Waals surface area (Å²) in [5.74, 6) is 0.0867. The molecule has 1 aromatic carbocycles. The Balaban J connectivity index is 1.99. The molecule has 0 spiro atoms. The number of carbonyl (C=O) groups excluding carboxylic acids is 2. The van der Waals surface area contributed by atoms with Crippen molar-refractivity contribution < 1.29 is 9.59 Å². The molecule has 0 aliphatic carbocycles. The lowest BCUT2D eigenvalue weighted by atomic mass is 10.1. The largest absolute Gasteiger partial charge is 0.341 e. The highest BCUT2D eigenvalue weighted by Gasteiger charge is 2.25. The number of nitrogens with two attached hydrogens (primary N) is 1. The van der Waals surface area contributed by atoms with Crippen molar-refractivity contribution in [2.24, 2.45) is 5.73 Å². The van der Waals surface area contributed by atoms with Crippen LogP contribution in [0.1, 0.15) is 31.4 Å². The molecular formula is C16H23N3O2. The molecule has 1 atom stereocenters. The second kappa shape index (κ2) is 7.22. The maximum absolute atomic E-state index is 12.5. The first-order valence-corrected chi connectivity index (χ1v) is 7.50. The zero-order valence-corrected chi connectivity index (χ0v) is 12.5. The van der Waals surface area contributed by atoms with Crippen LogP contribution in [-0.4, -0.2) is 47.8 Å². The maximum Gasteiger partial charge on any atom is 0.244 e. The Labute approximate surface area is 125 Å². The van der Waals surface area contributed by atoms with Crippen molar-refractivity contribution in [1.82, 2.24) is 9.80 Å². The molecule has 21 heavy (non-hydrogen) atoms. The third kappa shape index (κ3) is 3.82. The Morgan fingerprint density at radius 1 is 1.10 bits per heavy atom. The molecule has 0 bridgehead atoms. The molecule has 2 N–H and O–H groups in total. The van der Waals surface area contributed by atoms with Gasteiger partial charge in [-0.2, -0.15) is 0 Å². The molecule has 0 unspecified atom stereocenters. The van der Waals surface area contributed by atoms with E-state index in [1.807, 2.05) is 42.2 Å². The third-order valence-corrected chi connectivity index (χ3v) is 3.89. The smallest absolute Gasteiger partial charge is 0.244 e. The summed E-state index contributed by atoms with van der Waals surface area (Å²) in [6.07, 6.45) is 1.32. The Bertz CT molecular complexity index is 490. The zero-order chi connectivity index (χ0) is 15.2. The van der Waals surface area contributed by atoms with E-state index >= 15 is 0 Å². The van der Waals surface area contributed by atoms with E-state index in [4.69, 9.17) is 5.73 Å². The summed E-state index contributed by atoms with van der Waals surface area (Å²) >= 11 is 0. The van der Waals surface area contributed by atoms with Crippen molar-refractivity contribution in [2.75, 3.05) is 26.2 Å². The summed E-state index contributed by atoms with van der Waals surface area (Å²) in [5.41, 5.74) is 6.90. The first-order chi connectivity index (χ1) is 10.1. The second-order valence-electron chi connectivity index (χ2n) is 5.30. The van der Waals surface area contributed by atoms with E-state index in [1.54, 1.807) is 4.90 Å². The molecule has 2 rings (SSSR count). The van der Waals surface area contributed by atoms with Crippen LogP contribution in [0.3, 0.4) is 0 Å². The van der Waals surface area contributed by atoms with Gasteiger partial charge in [-0.1, -0.05) is 37.3 Å². The molecule has 0 aromatic heterocycles. The predicted molar refractivity (Wildman–Crippen MR) is 81.4 cm³/mol. The molecule has 1 heterocycles. The van der Waals surface area contributed by atoms with E-state index in [1.165, 1.54) is 0 Å². The van der Waals surface area contributed by atoms with Gasteiger partial charge in [0.2, 0.25) is 11.8 Å². The quantitative estimate of drug-likeness (QED) is 0.908. The van der Waals surface area contributed by atoms with Crippen LogP contribution in [0.2, 0.25) is 0 Å². The van der Waals surface area contributed by atoms with Crippen LogP contribution in [0.25, 0.3) is 0 Å². The lowest BCUT2D eigenvalue weighted by Gasteiger charge is -2.24. The van der Waals surface area contributed by atoms with Crippen molar-refractivity contribution in [2.45, 2.75) is 25.8 Å². The highest BCUT2D eigenvalue weighted by Crippen LogP contribution is 2.14. The number of amides is 2. The molecule has 1 saturated heterocycles.